The zero-order valence-corrected chi connectivity index (χ0v) is 9.54. The third-order valence-electron chi connectivity index (χ3n) is 2.44. The molecular formula is C11H13NO5. The van der Waals surface area contributed by atoms with Crippen LogP contribution in [0.1, 0.15) is 24.8 Å². The number of benzene rings is 1. The highest BCUT2D eigenvalue weighted by Crippen LogP contribution is 2.36. The Hall–Kier alpha value is -2.11. The van der Waals surface area contributed by atoms with E-state index in [0.29, 0.717) is 5.56 Å². The van der Waals surface area contributed by atoms with Crippen molar-refractivity contribution in [1.29, 1.82) is 0 Å². The number of carbonyl (C=O) groups is 1. The van der Waals surface area contributed by atoms with Gasteiger partial charge in [0.25, 0.3) is 0 Å². The molecule has 0 aliphatic heterocycles. The molecule has 1 aromatic rings. The van der Waals surface area contributed by atoms with Crippen LogP contribution in [0, 0.1) is 10.1 Å². The van der Waals surface area contributed by atoms with Gasteiger partial charge in [0.15, 0.2) is 5.75 Å². The van der Waals surface area contributed by atoms with Crippen molar-refractivity contribution in [3.8, 4) is 5.75 Å². The minimum absolute atomic E-state index is 0.143. The predicted molar refractivity (Wildman–Crippen MR) is 60.3 cm³/mol. The van der Waals surface area contributed by atoms with Crippen LogP contribution in [0.3, 0.4) is 0 Å². The number of ether oxygens (including phenoxy) is 1. The van der Waals surface area contributed by atoms with Crippen LogP contribution >= 0.6 is 0 Å². The normalized spacial score (nSPS) is 11.9. The minimum atomic E-state index is -0.991. The molecule has 0 saturated heterocycles. The lowest BCUT2D eigenvalue weighted by molar-refractivity contribution is -0.386. The smallest absolute Gasteiger partial charge is 0.314 e. The van der Waals surface area contributed by atoms with Crippen LogP contribution in [-0.4, -0.2) is 23.1 Å². The van der Waals surface area contributed by atoms with Crippen molar-refractivity contribution in [2.75, 3.05) is 7.11 Å². The predicted octanol–water partition coefficient (Wildman–Crippen LogP) is 2.18. The first-order chi connectivity index (χ1) is 7.97. The maximum absolute atomic E-state index is 11.0. The lowest BCUT2D eigenvalue weighted by Crippen LogP contribution is -2.06. The molecule has 17 heavy (non-hydrogen) atoms. The molecule has 0 aliphatic rings. The Morgan fingerprint density at radius 1 is 1.59 bits per heavy atom. The van der Waals surface area contributed by atoms with Gasteiger partial charge in [-0.25, -0.2) is 0 Å². The van der Waals surface area contributed by atoms with Crippen LogP contribution in [0.5, 0.6) is 5.75 Å². The summed E-state index contributed by atoms with van der Waals surface area (Å²) in [5.41, 5.74) is 0.209. The van der Waals surface area contributed by atoms with Crippen LogP contribution in [0.2, 0.25) is 0 Å². The van der Waals surface area contributed by atoms with Gasteiger partial charge in [-0.1, -0.05) is 19.1 Å². The van der Waals surface area contributed by atoms with E-state index < -0.39 is 16.8 Å². The van der Waals surface area contributed by atoms with Crippen LogP contribution in [0.25, 0.3) is 0 Å². The molecule has 1 rings (SSSR count). The van der Waals surface area contributed by atoms with E-state index in [-0.39, 0.29) is 17.9 Å². The summed E-state index contributed by atoms with van der Waals surface area (Å²) >= 11 is 0. The second kappa shape index (κ2) is 5.29. The number of nitrogens with zero attached hydrogens (tertiary/aromatic N) is 1. The van der Waals surface area contributed by atoms with Gasteiger partial charge in [-0.05, 0) is 12.0 Å². The van der Waals surface area contributed by atoms with E-state index in [1.54, 1.807) is 19.1 Å². The van der Waals surface area contributed by atoms with Crippen molar-refractivity contribution >= 4 is 11.7 Å². The van der Waals surface area contributed by atoms with Crippen molar-refractivity contribution in [2.45, 2.75) is 19.3 Å². The fourth-order valence-corrected chi connectivity index (χ4v) is 1.67. The molecule has 0 aliphatic carbocycles. The van der Waals surface area contributed by atoms with E-state index in [4.69, 9.17) is 9.84 Å². The van der Waals surface area contributed by atoms with Crippen molar-refractivity contribution in [2.24, 2.45) is 0 Å². The summed E-state index contributed by atoms with van der Waals surface area (Å²) < 4.78 is 4.91. The zero-order valence-electron chi connectivity index (χ0n) is 9.54. The monoisotopic (exact) mass is 239 g/mol. The van der Waals surface area contributed by atoms with E-state index in [2.05, 4.69) is 0 Å². The number of hydrogen-bond acceptors (Lipinski definition) is 4. The van der Waals surface area contributed by atoms with Crippen molar-refractivity contribution in [3.63, 3.8) is 0 Å². The Morgan fingerprint density at radius 2 is 2.24 bits per heavy atom. The van der Waals surface area contributed by atoms with Crippen LogP contribution < -0.4 is 4.74 Å². The number of aliphatic carboxylic acids is 1. The van der Waals surface area contributed by atoms with Crippen LogP contribution in [-0.2, 0) is 4.79 Å². The molecule has 0 heterocycles. The molecule has 0 bridgehead atoms. The maximum atomic E-state index is 11.0. The molecular weight excluding hydrogens is 226 g/mol. The molecule has 0 saturated carbocycles. The SMILES string of the molecule is COc1cccc(C(C)CC(=O)O)c1[N+](=O)[O-]. The van der Waals surface area contributed by atoms with Gasteiger partial charge in [-0.15, -0.1) is 0 Å². The Balaban J connectivity index is 3.22. The summed E-state index contributed by atoms with van der Waals surface area (Å²) in [5, 5.41) is 19.7. The maximum Gasteiger partial charge on any atom is 0.314 e. The molecule has 92 valence electrons. The number of hydrogen-bond donors (Lipinski definition) is 1. The first-order valence-corrected chi connectivity index (χ1v) is 5.00. The standard InChI is InChI=1S/C11H13NO5/c1-7(6-10(13)14)8-4-3-5-9(17-2)11(8)12(15)16/h3-5,7H,6H2,1-2H3,(H,13,14). The number of carboxylic acids is 1. The summed E-state index contributed by atoms with van der Waals surface area (Å²) in [6, 6.07) is 4.64. The van der Waals surface area contributed by atoms with Crippen LogP contribution in [0.4, 0.5) is 5.69 Å². The number of para-hydroxylation sites is 1. The van der Waals surface area contributed by atoms with Gasteiger partial charge in [0.05, 0.1) is 18.5 Å². The number of methoxy groups -OCH3 is 1. The minimum Gasteiger partial charge on any atom is -0.490 e. The zero-order chi connectivity index (χ0) is 13.0. The topological polar surface area (TPSA) is 89.7 Å². The van der Waals surface area contributed by atoms with E-state index in [9.17, 15) is 14.9 Å². The number of carboxylic acid groups (broad SMARTS) is 1. The van der Waals surface area contributed by atoms with Crippen LogP contribution in [0.15, 0.2) is 18.2 Å². The number of nitro groups is 1. The molecule has 6 nitrogen and oxygen atoms in total. The third-order valence-corrected chi connectivity index (χ3v) is 2.44. The molecule has 0 radical (unpaired) electrons. The summed E-state index contributed by atoms with van der Waals surface area (Å²) in [5.74, 6) is -1.29. The molecule has 0 amide bonds. The quantitative estimate of drug-likeness (QED) is 0.628. The Kier molecular flexibility index (Phi) is 4.03. The molecule has 6 heteroatoms. The second-order valence-electron chi connectivity index (χ2n) is 3.65. The second-order valence-corrected chi connectivity index (χ2v) is 3.65. The highest BCUT2D eigenvalue weighted by Gasteiger charge is 2.25. The number of rotatable bonds is 5. The Labute approximate surface area is 98.0 Å². The molecule has 1 unspecified atom stereocenters. The third kappa shape index (κ3) is 2.93. The van der Waals surface area contributed by atoms with Gasteiger partial charge in [0.2, 0.25) is 0 Å². The first kappa shape index (κ1) is 13.0. The molecule has 0 aromatic heterocycles. The van der Waals surface area contributed by atoms with Gasteiger partial charge in [-0.3, -0.25) is 14.9 Å². The molecule has 0 fully saturated rings. The average molecular weight is 239 g/mol. The van der Waals surface area contributed by atoms with Gasteiger partial charge in [-0.2, -0.15) is 0 Å². The van der Waals surface area contributed by atoms with Crippen molar-refractivity contribution in [3.05, 3.63) is 33.9 Å². The van der Waals surface area contributed by atoms with E-state index in [1.807, 2.05) is 0 Å². The molecule has 1 atom stereocenters. The summed E-state index contributed by atoms with van der Waals surface area (Å²) in [4.78, 5) is 21.0. The summed E-state index contributed by atoms with van der Waals surface area (Å²) in [6.45, 7) is 1.63. The number of nitro benzene ring substituents is 1. The fourth-order valence-electron chi connectivity index (χ4n) is 1.67. The lowest BCUT2D eigenvalue weighted by Gasteiger charge is -2.11. The van der Waals surface area contributed by atoms with Gasteiger partial charge < -0.3 is 9.84 Å². The fraction of sp³-hybridized carbons (Fsp3) is 0.364. The summed E-state index contributed by atoms with van der Waals surface area (Å²) in [7, 11) is 1.34. The first-order valence-electron chi connectivity index (χ1n) is 5.00. The van der Waals surface area contributed by atoms with E-state index in [1.165, 1.54) is 13.2 Å². The van der Waals surface area contributed by atoms with Gasteiger partial charge >= 0.3 is 11.7 Å². The Morgan fingerprint density at radius 3 is 2.71 bits per heavy atom. The van der Waals surface area contributed by atoms with Gasteiger partial charge in [0, 0.05) is 5.56 Å². The highest BCUT2D eigenvalue weighted by molar-refractivity contribution is 5.69. The molecule has 0 spiro atoms. The Bertz CT molecular complexity index is 443. The summed E-state index contributed by atoms with van der Waals surface area (Å²) in [6.07, 6.45) is -0.159. The van der Waals surface area contributed by atoms with Crippen molar-refractivity contribution in [1.82, 2.24) is 0 Å². The highest BCUT2D eigenvalue weighted by atomic mass is 16.6. The largest absolute Gasteiger partial charge is 0.490 e. The molecule has 1 aromatic carbocycles. The average Bonchev–Trinajstić information content (AvgIpc) is 2.26. The van der Waals surface area contributed by atoms with E-state index in [0.717, 1.165) is 0 Å². The lowest BCUT2D eigenvalue weighted by atomic mass is 9.96. The van der Waals surface area contributed by atoms with Crippen molar-refractivity contribution < 1.29 is 19.6 Å². The van der Waals surface area contributed by atoms with E-state index >= 15 is 0 Å². The molecule has 1 N–H and O–H groups in total. The van der Waals surface area contributed by atoms with Gasteiger partial charge in [0.1, 0.15) is 0 Å².